The van der Waals surface area contributed by atoms with Crippen LogP contribution in [0.3, 0.4) is 0 Å². The molecule has 0 spiro atoms. The van der Waals surface area contributed by atoms with Crippen molar-refractivity contribution in [3.8, 4) is 0 Å². The fourth-order valence-electron chi connectivity index (χ4n) is 7.10. The molecule has 0 radical (unpaired) electrons. The van der Waals surface area contributed by atoms with E-state index in [0.29, 0.717) is 24.0 Å². The van der Waals surface area contributed by atoms with Gasteiger partial charge in [0.2, 0.25) is 5.91 Å². The molecule has 39 heavy (non-hydrogen) atoms. The molecular formula is C32H41FN4O2. The zero-order valence-electron chi connectivity index (χ0n) is 24.0. The van der Waals surface area contributed by atoms with E-state index in [1.807, 2.05) is 29.2 Å². The van der Waals surface area contributed by atoms with Crippen LogP contribution in [0.25, 0.3) is 0 Å². The Morgan fingerprint density at radius 3 is 2.31 bits per heavy atom. The Balaban J connectivity index is 1.57. The second-order valence-electron chi connectivity index (χ2n) is 13.6. The van der Waals surface area contributed by atoms with E-state index >= 15 is 4.39 Å². The molecule has 5 rings (SSSR count). The van der Waals surface area contributed by atoms with E-state index in [0.717, 1.165) is 29.9 Å². The van der Waals surface area contributed by atoms with E-state index in [4.69, 9.17) is 0 Å². The summed E-state index contributed by atoms with van der Waals surface area (Å²) in [6, 6.07) is 13.6. The van der Waals surface area contributed by atoms with Gasteiger partial charge in [0.25, 0.3) is 0 Å². The molecule has 208 valence electrons. The first-order chi connectivity index (χ1) is 18.2. The smallest absolute Gasteiger partial charge is 0.239 e. The Labute approximate surface area is 231 Å². The minimum absolute atomic E-state index is 0.00268. The fraction of sp³-hybridized carbons (Fsp3) is 0.500. The Hall–Kier alpha value is -3.19. The number of carbonyl (C=O) groups is 2. The molecule has 3 N–H and O–H groups in total. The summed E-state index contributed by atoms with van der Waals surface area (Å²) < 4.78 is 15.5. The first-order valence-corrected chi connectivity index (χ1v) is 14.0. The summed E-state index contributed by atoms with van der Waals surface area (Å²) in [4.78, 5) is 29.4. The third kappa shape index (κ3) is 5.74. The molecule has 1 aliphatic carbocycles. The maximum Gasteiger partial charge on any atom is 0.239 e. The number of halogens is 1. The Morgan fingerprint density at radius 1 is 0.974 bits per heavy atom. The highest BCUT2D eigenvalue weighted by atomic mass is 19.1. The molecule has 0 bridgehead atoms. The number of fused-ring (bicyclic) bond motifs is 1. The number of nitrogens with zero attached hydrogens (tertiary/aromatic N) is 1. The number of piperidine rings is 1. The molecule has 0 aromatic heterocycles. The number of rotatable bonds is 4. The van der Waals surface area contributed by atoms with Crippen molar-refractivity contribution in [3.05, 3.63) is 71.2 Å². The monoisotopic (exact) mass is 532 g/mol. The van der Waals surface area contributed by atoms with Crippen LogP contribution in [0.2, 0.25) is 0 Å². The number of nitrogens with one attached hydrogen (secondary N) is 3. The molecule has 2 heterocycles. The topological polar surface area (TPSA) is 73.5 Å². The lowest BCUT2D eigenvalue weighted by Crippen LogP contribution is -2.62. The standard InChI is InChI=1S/C32H41FN4O2/c1-30(2)17-24-28(26(38)18-30)29(21-11-7-8-12-22(21)33)37(25-14-10-9-13-23(25)35-24)19-27(39)34-20-15-31(3,4)36-32(5,6)16-20/h7-14,20,29,35-36H,15-19H2,1-6H3,(H,34,39). The molecule has 1 atom stereocenters. The number of amides is 1. The Morgan fingerprint density at radius 2 is 1.62 bits per heavy atom. The average molecular weight is 533 g/mol. The van der Waals surface area contributed by atoms with Crippen LogP contribution in [0.5, 0.6) is 0 Å². The van der Waals surface area contributed by atoms with Gasteiger partial charge in [-0.25, -0.2) is 4.39 Å². The number of Topliss-reactive ketones (excluding diaryl/α,β-unsaturated/α-hetero) is 1. The van der Waals surface area contributed by atoms with Gasteiger partial charge in [-0.1, -0.05) is 44.2 Å². The highest BCUT2D eigenvalue weighted by Gasteiger charge is 2.43. The van der Waals surface area contributed by atoms with Crippen molar-refractivity contribution in [2.45, 2.75) is 90.4 Å². The second kappa shape index (κ2) is 9.77. The first kappa shape index (κ1) is 27.4. The molecule has 0 saturated carbocycles. The van der Waals surface area contributed by atoms with Crippen LogP contribution in [0.4, 0.5) is 15.8 Å². The number of hydrogen-bond donors (Lipinski definition) is 3. The largest absolute Gasteiger partial charge is 0.357 e. The maximum atomic E-state index is 15.5. The van der Waals surface area contributed by atoms with Crippen LogP contribution in [-0.2, 0) is 9.59 Å². The van der Waals surface area contributed by atoms with Gasteiger partial charge < -0.3 is 20.9 Å². The minimum Gasteiger partial charge on any atom is -0.357 e. The average Bonchev–Trinajstić information content (AvgIpc) is 2.91. The van der Waals surface area contributed by atoms with E-state index in [9.17, 15) is 9.59 Å². The molecule has 2 aromatic rings. The van der Waals surface area contributed by atoms with Gasteiger partial charge in [-0.15, -0.1) is 0 Å². The van der Waals surface area contributed by atoms with Crippen molar-refractivity contribution < 1.29 is 14.0 Å². The molecule has 1 fully saturated rings. The van der Waals surface area contributed by atoms with E-state index in [1.54, 1.807) is 18.2 Å². The first-order valence-electron chi connectivity index (χ1n) is 14.0. The number of allylic oxidation sites excluding steroid dienone is 1. The number of ketones is 1. The van der Waals surface area contributed by atoms with Crippen molar-refractivity contribution in [2.24, 2.45) is 5.41 Å². The van der Waals surface area contributed by atoms with E-state index in [1.165, 1.54) is 6.07 Å². The van der Waals surface area contributed by atoms with Gasteiger partial charge >= 0.3 is 0 Å². The predicted molar refractivity (Wildman–Crippen MR) is 154 cm³/mol. The molecule has 2 aliphatic heterocycles. The van der Waals surface area contributed by atoms with Crippen molar-refractivity contribution in [2.75, 3.05) is 16.8 Å². The highest BCUT2D eigenvalue weighted by Crippen LogP contribution is 2.48. The zero-order valence-corrected chi connectivity index (χ0v) is 24.0. The lowest BCUT2D eigenvalue weighted by Gasteiger charge is -2.46. The van der Waals surface area contributed by atoms with Crippen molar-refractivity contribution in [1.82, 2.24) is 10.6 Å². The van der Waals surface area contributed by atoms with Crippen molar-refractivity contribution >= 4 is 23.1 Å². The van der Waals surface area contributed by atoms with E-state index < -0.39 is 11.9 Å². The van der Waals surface area contributed by atoms with Gasteiger partial charge in [-0.2, -0.15) is 0 Å². The van der Waals surface area contributed by atoms with Gasteiger partial charge in [-0.05, 0) is 70.6 Å². The minimum atomic E-state index is -0.729. The van der Waals surface area contributed by atoms with Gasteiger partial charge in [0, 0.05) is 40.4 Å². The Bertz CT molecular complexity index is 1310. The summed E-state index contributed by atoms with van der Waals surface area (Å²) in [6.07, 6.45) is 2.64. The van der Waals surface area contributed by atoms with Crippen LogP contribution in [0.1, 0.15) is 78.8 Å². The van der Waals surface area contributed by atoms with E-state index in [2.05, 4.69) is 57.5 Å². The normalized spacial score (nSPS) is 23.8. The van der Waals surface area contributed by atoms with Crippen LogP contribution in [-0.4, -0.2) is 35.4 Å². The quantitative estimate of drug-likeness (QED) is 0.460. The van der Waals surface area contributed by atoms with Gasteiger partial charge in [0.15, 0.2) is 5.78 Å². The van der Waals surface area contributed by atoms with Crippen LogP contribution < -0.4 is 20.9 Å². The third-order valence-corrected chi connectivity index (χ3v) is 8.07. The molecule has 2 aromatic carbocycles. The number of anilines is 2. The summed E-state index contributed by atoms with van der Waals surface area (Å²) in [5.74, 6) is -0.544. The van der Waals surface area contributed by atoms with Crippen molar-refractivity contribution in [3.63, 3.8) is 0 Å². The molecule has 6 nitrogen and oxygen atoms in total. The van der Waals surface area contributed by atoms with E-state index in [-0.39, 0.29) is 40.8 Å². The van der Waals surface area contributed by atoms with Gasteiger partial charge in [0.1, 0.15) is 5.82 Å². The predicted octanol–water partition coefficient (Wildman–Crippen LogP) is 5.87. The zero-order chi connectivity index (χ0) is 28.2. The number of benzene rings is 2. The summed E-state index contributed by atoms with van der Waals surface area (Å²) in [5.41, 5.74) is 2.88. The number of hydrogen-bond acceptors (Lipinski definition) is 5. The number of para-hydroxylation sites is 2. The summed E-state index contributed by atoms with van der Waals surface area (Å²) >= 11 is 0. The SMILES string of the molecule is CC1(C)CC(=O)C2=C(C1)Nc1ccccc1N(CC(=O)NC1CC(C)(C)NC(C)(C)C1)C2c1ccccc1F. The Kier molecular flexibility index (Phi) is 6.86. The molecule has 1 unspecified atom stereocenters. The van der Waals surface area contributed by atoms with Crippen molar-refractivity contribution in [1.29, 1.82) is 0 Å². The third-order valence-electron chi connectivity index (χ3n) is 8.07. The van der Waals surface area contributed by atoms with Crippen LogP contribution >= 0.6 is 0 Å². The molecule has 3 aliphatic rings. The molecule has 7 heteroatoms. The van der Waals surface area contributed by atoms with Crippen LogP contribution in [0, 0.1) is 11.2 Å². The fourth-order valence-corrected chi connectivity index (χ4v) is 7.10. The lowest BCUT2D eigenvalue weighted by molar-refractivity contribution is -0.121. The summed E-state index contributed by atoms with van der Waals surface area (Å²) in [7, 11) is 0. The maximum absolute atomic E-state index is 15.5. The number of carbonyl (C=O) groups excluding carboxylic acids is 2. The van der Waals surface area contributed by atoms with Gasteiger partial charge in [-0.3, -0.25) is 9.59 Å². The molecule has 1 saturated heterocycles. The molecular weight excluding hydrogens is 491 g/mol. The second-order valence-corrected chi connectivity index (χ2v) is 13.6. The van der Waals surface area contributed by atoms with Gasteiger partial charge in [0.05, 0.1) is 24.0 Å². The highest BCUT2D eigenvalue weighted by molar-refractivity contribution is 6.02. The van der Waals surface area contributed by atoms with Crippen LogP contribution in [0.15, 0.2) is 59.8 Å². The molecule has 1 amide bonds. The summed E-state index contributed by atoms with van der Waals surface area (Å²) in [6.45, 7) is 12.8. The summed E-state index contributed by atoms with van der Waals surface area (Å²) in [5, 5.41) is 10.5. The lowest BCUT2D eigenvalue weighted by atomic mass is 9.73.